The highest BCUT2D eigenvalue weighted by Crippen LogP contribution is 2.40. The number of carbonyl (C=O) groups is 2. The summed E-state index contributed by atoms with van der Waals surface area (Å²) in [6, 6.07) is 24.1. The highest BCUT2D eigenvalue weighted by atomic mass is 32.2. The minimum Gasteiger partial charge on any atom is -0.481 e. The Morgan fingerprint density at radius 1 is 0.956 bits per heavy atom. The minimum atomic E-state index is -0.842. The second kappa shape index (κ2) is 15.9. The highest BCUT2D eigenvalue weighted by Gasteiger charge is 2.32. The van der Waals surface area contributed by atoms with E-state index in [0.717, 1.165) is 44.3 Å². The third-order valence-corrected chi connectivity index (χ3v) is 8.93. The lowest BCUT2D eigenvalue weighted by atomic mass is 9.99. The summed E-state index contributed by atoms with van der Waals surface area (Å²) in [4.78, 5) is 27.4. The maximum atomic E-state index is 12.2. The van der Waals surface area contributed by atoms with Gasteiger partial charge in [-0.25, -0.2) is 4.98 Å². The van der Waals surface area contributed by atoms with Gasteiger partial charge in [-0.1, -0.05) is 72.4 Å². The minimum absolute atomic E-state index is 0.00453. The van der Waals surface area contributed by atoms with Gasteiger partial charge in [0.15, 0.2) is 11.4 Å². The Balaban J connectivity index is 1.28. The number of amides is 1. The van der Waals surface area contributed by atoms with Crippen LogP contribution in [0.1, 0.15) is 66.8 Å². The van der Waals surface area contributed by atoms with Crippen molar-refractivity contribution in [3.05, 3.63) is 107 Å². The fourth-order valence-electron chi connectivity index (χ4n) is 5.26. The second-order valence-electron chi connectivity index (χ2n) is 11.2. The fraction of sp³-hybridized carbons (Fsp3) is 0.343. The number of nitrogens with zero attached hydrogens (tertiary/aromatic N) is 2. The van der Waals surface area contributed by atoms with Crippen LogP contribution in [-0.2, 0) is 39.3 Å². The van der Waals surface area contributed by atoms with Crippen LogP contribution in [0.25, 0.3) is 11.1 Å². The zero-order valence-corrected chi connectivity index (χ0v) is 26.1. The topological polar surface area (TPSA) is 123 Å². The number of aliphatic hydroxyl groups excluding tert-OH is 1. The number of aryl methyl sites for hydroxylation is 1. The molecular weight excluding hydrogens is 590 g/mol. The molecule has 1 saturated heterocycles. The van der Waals surface area contributed by atoms with Crippen LogP contribution >= 0.6 is 11.8 Å². The molecule has 4 aromatic rings. The van der Waals surface area contributed by atoms with E-state index in [1.54, 1.807) is 18.0 Å². The summed E-state index contributed by atoms with van der Waals surface area (Å²) in [5.74, 6) is -0.204. The Morgan fingerprint density at radius 2 is 1.71 bits per heavy atom. The first-order valence-corrected chi connectivity index (χ1v) is 16.1. The average Bonchev–Trinajstić information content (AvgIpc) is 3.49. The molecule has 0 aliphatic carbocycles. The third-order valence-electron chi connectivity index (χ3n) is 7.74. The lowest BCUT2D eigenvalue weighted by molar-refractivity contribution is -0.245. The Labute approximate surface area is 267 Å². The molecule has 0 bridgehead atoms. The molecule has 0 spiro atoms. The van der Waals surface area contributed by atoms with Gasteiger partial charge in [0.05, 0.1) is 18.8 Å². The normalized spacial score (nSPS) is 18.0. The van der Waals surface area contributed by atoms with Crippen LogP contribution in [0.4, 0.5) is 0 Å². The van der Waals surface area contributed by atoms with Crippen LogP contribution in [0.2, 0.25) is 0 Å². The molecule has 236 valence electrons. The summed E-state index contributed by atoms with van der Waals surface area (Å²) in [7, 11) is 1.98. The lowest BCUT2D eigenvalue weighted by Crippen LogP contribution is -2.31. The molecule has 1 aliphatic heterocycles. The lowest BCUT2D eigenvalue weighted by Gasteiger charge is -2.36. The van der Waals surface area contributed by atoms with Gasteiger partial charge in [-0.05, 0) is 52.8 Å². The predicted molar refractivity (Wildman–Crippen MR) is 172 cm³/mol. The zero-order valence-electron chi connectivity index (χ0n) is 25.3. The number of hydrogen-bond donors (Lipinski definition) is 3. The number of benzene rings is 3. The Bertz CT molecular complexity index is 1570. The molecule has 45 heavy (non-hydrogen) atoms. The standard InChI is InChI=1S/C35H39N3O6S/c1-38-17-16-36-35(38)45-23-30-20-31(26-14-12-24(22-39)13-15-26)44-34(43-30)29-9-5-8-28(19-29)27-7-4-6-25(18-27)21-37-32(40)10-2-3-11-33(41)42/h4-9,12-19,30-31,34,39H,2-3,10-11,20-23H2,1H3,(H,37,40)(H,41,42)/t30-,31+,34+/m1/s1. The van der Waals surface area contributed by atoms with Gasteiger partial charge in [0, 0.05) is 56.6 Å². The van der Waals surface area contributed by atoms with Gasteiger partial charge in [-0.15, -0.1) is 0 Å². The van der Waals surface area contributed by atoms with Crippen LogP contribution in [0.3, 0.4) is 0 Å². The van der Waals surface area contributed by atoms with Gasteiger partial charge in [0.1, 0.15) is 0 Å². The van der Waals surface area contributed by atoms with E-state index < -0.39 is 12.3 Å². The molecule has 1 aliphatic rings. The van der Waals surface area contributed by atoms with Crippen LogP contribution in [0, 0.1) is 0 Å². The quantitative estimate of drug-likeness (QED) is 0.112. The van der Waals surface area contributed by atoms with Crippen molar-refractivity contribution >= 4 is 23.6 Å². The predicted octanol–water partition coefficient (Wildman–Crippen LogP) is 6.18. The van der Waals surface area contributed by atoms with Gasteiger partial charge in [0.2, 0.25) is 5.91 Å². The molecule has 1 fully saturated rings. The van der Waals surface area contributed by atoms with Crippen molar-refractivity contribution in [3.63, 3.8) is 0 Å². The van der Waals surface area contributed by atoms with Crippen molar-refractivity contribution in [1.82, 2.24) is 14.9 Å². The Kier molecular flexibility index (Phi) is 11.4. The first kappa shape index (κ1) is 32.4. The van der Waals surface area contributed by atoms with Gasteiger partial charge in [-0.3, -0.25) is 9.59 Å². The van der Waals surface area contributed by atoms with Crippen LogP contribution in [0.5, 0.6) is 0 Å². The third kappa shape index (κ3) is 9.27. The zero-order chi connectivity index (χ0) is 31.6. The SMILES string of the molecule is Cn1ccnc1SC[C@H]1C[C@@H](c2ccc(CO)cc2)O[C@@H](c2cccc(-c3cccc(CNC(=O)CCCCC(=O)O)c3)c2)O1. The van der Waals surface area contributed by atoms with E-state index in [0.29, 0.717) is 32.2 Å². The second-order valence-corrected chi connectivity index (χ2v) is 12.2. The Hall–Kier alpha value is -3.96. The first-order chi connectivity index (χ1) is 21.9. The van der Waals surface area contributed by atoms with E-state index in [4.69, 9.17) is 14.6 Å². The van der Waals surface area contributed by atoms with E-state index in [1.807, 2.05) is 78.5 Å². The molecule has 10 heteroatoms. The van der Waals surface area contributed by atoms with Crippen molar-refractivity contribution in [2.45, 2.75) is 68.9 Å². The van der Waals surface area contributed by atoms with Crippen LogP contribution in [0.15, 0.2) is 90.3 Å². The highest BCUT2D eigenvalue weighted by molar-refractivity contribution is 7.99. The van der Waals surface area contributed by atoms with E-state index in [1.165, 1.54) is 0 Å². The van der Waals surface area contributed by atoms with E-state index in [-0.39, 0.29) is 31.1 Å². The van der Waals surface area contributed by atoms with Gasteiger partial charge < -0.3 is 29.6 Å². The van der Waals surface area contributed by atoms with E-state index in [9.17, 15) is 14.7 Å². The van der Waals surface area contributed by atoms with E-state index >= 15 is 0 Å². The van der Waals surface area contributed by atoms with Gasteiger partial charge >= 0.3 is 5.97 Å². The number of thioether (sulfide) groups is 1. The number of carboxylic acids is 1. The molecule has 3 atom stereocenters. The largest absolute Gasteiger partial charge is 0.481 e. The number of hydrogen-bond acceptors (Lipinski definition) is 7. The number of rotatable bonds is 14. The maximum absolute atomic E-state index is 12.2. The number of carboxylic acid groups (broad SMARTS) is 1. The van der Waals surface area contributed by atoms with Crippen molar-refractivity contribution in [1.29, 1.82) is 0 Å². The van der Waals surface area contributed by atoms with Crippen molar-refractivity contribution in [3.8, 4) is 11.1 Å². The van der Waals surface area contributed by atoms with Gasteiger partial charge in [-0.2, -0.15) is 0 Å². The Morgan fingerprint density at radius 3 is 2.44 bits per heavy atom. The first-order valence-electron chi connectivity index (χ1n) is 15.2. The summed E-state index contributed by atoms with van der Waals surface area (Å²) in [6.07, 6.45) is 5.02. The number of ether oxygens (including phenoxy) is 2. The summed E-state index contributed by atoms with van der Waals surface area (Å²) < 4.78 is 15.1. The monoisotopic (exact) mass is 629 g/mol. The number of carbonyl (C=O) groups excluding carboxylic acids is 1. The van der Waals surface area contributed by atoms with Crippen LogP contribution < -0.4 is 5.32 Å². The number of nitrogens with one attached hydrogen (secondary N) is 1. The molecule has 0 unspecified atom stereocenters. The summed E-state index contributed by atoms with van der Waals surface area (Å²) >= 11 is 1.66. The van der Waals surface area contributed by atoms with Crippen molar-refractivity contribution in [2.75, 3.05) is 5.75 Å². The number of imidazole rings is 1. The molecule has 0 saturated carbocycles. The summed E-state index contributed by atoms with van der Waals surface area (Å²) in [6.45, 7) is 0.391. The van der Waals surface area contributed by atoms with Crippen LogP contribution in [-0.4, -0.2) is 43.5 Å². The molecule has 0 radical (unpaired) electrons. The fourth-order valence-corrected chi connectivity index (χ4v) is 6.21. The van der Waals surface area contributed by atoms with Gasteiger partial charge in [0.25, 0.3) is 0 Å². The number of aromatic nitrogens is 2. The summed E-state index contributed by atoms with van der Waals surface area (Å²) in [5, 5.41) is 22.1. The molecule has 2 heterocycles. The molecule has 9 nitrogen and oxygen atoms in total. The van der Waals surface area contributed by atoms with Crippen molar-refractivity contribution < 1.29 is 29.3 Å². The molecule has 5 rings (SSSR count). The molecule has 1 aromatic heterocycles. The number of unbranched alkanes of at least 4 members (excludes halogenated alkanes) is 1. The molecule has 3 aromatic carbocycles. The smallest absolute Gasteiger partial charge is 0.303 e. The molecule has 1 amide bonds. The number of aliphatic hydroxyl groups is 1. The molecule has 3 N–H and O–H groups in total. The average molecular weight is 630 g/mol. The molecular formula is C35H39N3O6S. The summed E-state index contributed by atoms with van der Waals surface area (Å²) in [5.41, 5.74) is 5.81. The van der Waals surface area contributed by atoms with Crippen molar-refractivity contribution in [2.24, 2.45) is 7.05 Å². The van der Waals surface area contributed by atoms with E-state index in [2.05, 4.69) is 22.4 Å². The maximum Gasteiger partial charge on any atom is 0.303 e. The number of aliphatic carboxylic acids is 1.